The van der Waals surface area contributed by atoms with Gasteiger partial charge in [0.25, 0.3) is 5.09 Å². The average Bonchev–Trinajstić information content (AvgIpc) is 1.19. The van der Waals surface area contributed by atoms with Crippen LogP contribution in [-0.4, -0.2) is 27.8 Å². The maximum Gasteiger partial charge on any atom is 1.00 e. The molecule has 11 heavy (non-hydrogen) atoms. The van der Waals surface area contributed by atoms with Crippen LogP contribution in [0.1, 0.15) is 0 Å². The standard InChI is InChI=1S/HNO3.H2O4S.2Rb/c2-1(3)4;1-5(2,3)4;;/h(H,2,3,4);(H2,1,2,3,4);;/q;;2*+1/p-2. The molecule has 11 heteroatoms. The van der Waals surface area contributed by atoms with Crippen molar-refractivity contribution in [3.63, 3.8) is 0 Å². The largest absolute Gasteiger partial charge is 1.00 e. The van der Waals surface area contributed by atoms with Crippen molar-refractivity contribution in [2.75, 3.05) is 0 Å². The molecular weight excluding hydrogens is 329 g/mol. The zero-order valence-corrected chi connectivity index (χ0v) is 16.4. The normalized spacial score (nSPS) is 7.45. The molecule has 0 aliphatic carbocycles. The van der Waals surface area contributed by atoms with Crippen LogP contribution in [0.25, 0.3) is 0 Å². The van der Waals surface area contributed by atoms with Crippen LogP contribution in [0.5, 0.6) is 0 Å². The van der Waals surface area contributed by atoms with Crippen molar-refractivity contribution in [1.82, 2.24) is 0 Å². The van der Waals surface area contributed by atoms with E-state index in [-0.39, 0.29) is 116 Å². The van der Waals surface area contributed by atoms with Crippen LogP contribution < -0.4 is 116 Å². The van der Waals surface area contributed by atoms with E-state index in [2.05, 4.69) is 0 Å². The molecule has 0 aliphatic rings. The fraction of sp³-hybridized carbons (Fsp3) is 0. The van der Waals surface area contributed by atoms with Crippen LogP contribution in [0.3, 0.4) is 0 Å². The van der Waals surface area contributed by atoms with Gasteiger partial charge in [0.1, 0.15) is 0 Å². The molecule has 0 bridgehead atoms. The van der Waals surface area contributed by atoms with Gasteiger partial charge in [-0.2, -0.15) is 0 Å². The molecule has 0 rings (SSSR count). The van der Waals surface area contributed by atoms with Crippen molar-refractivity contribution >= 4 is 10.4 Å². The monoisotopic (exact) mass is 329 g/mol. The van der Waals surface area contributed by atoms with Crippen LogP contribution in [0, 0.1) is 10.1 Å². The second-order valence-electron chi connectivity index (χ2n) is 0.646. The number of rotatable bonds is 0. The summed E-state index contributed by atoms with van der Waals surface area (Å²) in [5.74, 6) is 0. The minimum absolute atomic E-state index is 0. The third kappa shape index (κ3) is 201. The Hall–Kier alpha value is 2.68. The summed E-state index contributed by atoms with van der Waals surface area (Å²) in [5.41, 5.74) is 0. The fourth-order valence-electron chi connectivity index (χ4n) is 0. The predicted molar refractivity (Wildman–Crippen MR) is 19.3 cm³/mol. The van der Waals surface area contributed by atoms with Crippen molar-refractivity contribution in [2.45, 2.75) is 0 Å². The first-order valence-corrected chi connectivity index (χ1v) is 2.57. The molecule has 0 amide bonds. The molecule has 0 atom stereocenters. The molecule has 0 unspecified atom stereocenters. The summed E-state index contributed by atoms with van der Waals surface area (Å²) in [6.45, 7) is 0. The maximum atomic E-state index is 8.52. The molecule has 0 saturated carbocycles. The molecule has 0 saturated heterocycles. The molecule has 56 valence electrons. The first-order chi connectivity index (χ1) is 3.73. The predicted octanol–water partition coefficient (Wildman–Crippen LogP) is -7.68. The molecular formula is HNO7Rb2S. The first kappa shape index (κ1) is 23.5. The molecule has 0 spiro atoms. The van der Waals surface area contributed by atoms with Gasteiger partial charge in [-0.25, -0.2) is 0 Å². The van der Waals surface area contributed by atoms with Gasteiger partial charge >= 0.3 is 116 Å². The van der Waals surface area contributed by atoms with Gasteiger partial charge in [0.2, 0.25) is 0 Å². The summed E-state index contributed by atoms with van der Waals surface area (Å²) in [6.07, 6.45) is 0. The maximum absolute atomic E-state index is 8.52. The summed E-state index contributed by atoms with van der Waals surface area (Å²) >= 11 is 0. The summed E-state index contributed by atoms with van der Waals surface area (Å²) in [7, 11) is -5.17. The van der Waals surface area contributed by atoms with Crippen molar-refractivity contribution in [3.8, 4) is 0 Å². The first-order valence-electron chi connectivity index (χ1n) is 1.23. The van der Waals surface area contributed by atoms with Crippen LogP contribution in [0.4, 0.5) is 0 Å². The van der Waals surface area contributed by atoms with Crippen molar-refractivity contribution in [1.29, 1.82) is 0 Å². The summed E-state index contributed by atoms with van der Waals surface area (Å²) in [5, 5.41) is 13.6. The summed E-state index contributed by atoms with van der Waals surface area (Å²) in [6, 6.07) is 0. The molecule has 0 fully saturated rings. The number of hydrogen-bond donors (Lipinski definition) is 1. The van der Waals surface area contributed by atoms with E-state index < -0.39 is 15.5 Å². The third-order valence-corrected chi connectivity index (χ3v) is 0. The SMILES string of the molecule is O=S(=O)([O-])[O-].O=[N+]([O-])O.[Rb+].[Rb+]. The van der Waals surface area contributed by atoms with Crippen LogP contribution >= 0.6 is 0 Å². The van der Waals surface area contributed by atoms with Gasteiger partial charge in [-0.1, -0.05) is 0 Å². The fourth-order valence-corrected chi connectivity index (χ4v) is 0. The van der Waals surface area contributed by atoms with Gasteiger partial charge in [-0.05, 0) is 0 Å². The van der Waals surface area contributed by atoms with E-state index in [9.17, 15) is 0 Å². The molecule has 0 aromatic carbocycles. The van der Waals surface area contributed by atoms with Crippen LogP contribution in [0.15, 0.2) is 0 Å². The van der Waals surface area contributed by atoms with Gasteiger partial charge in [-0.15, -0.1) is 10.1 Å². The molecule has 1 N–H and O–H groups in total. The Labute approximate surface area is 160 Å². The van der Waals surface area contributed by atoms with Crippen molar-refractivity contribution in [2.24, 2.45) is 0 Å². The Bertz CT molecular complexity index is 159. The zero-order chi connectivity index (χ0) is 8.08. The van der Waals surface area contributed by atoms with Gasteiger partial charge in [0, 0.05) is 10.4 Å². The van der Waals surface area contributed by atoms with E-state index in [0.29, 0.717) is 0 Å². The topological polar surface area (TPSA) is 144 Å². The Balaban J connectivity index is -0.0000000383. The van der Waals surface area contributed by atoms with E-state index in [1.165, 1.54) is 0 Å². The average molecular weight is 330 g/mol. The number of hydrogen-bond acceptors (Lipinski definition) is 6. The summed E-state index contributed by atoms with van der Waals surface area (Å²) < 4.78 is 34.1. The molecule has 0 aromatic heterocycles. The quantitative estimate of drug-likeness (QED) is 0.201. The molecule has 0 aromatic rings. The molecule has 0 heterocycles. The second-order valence-corrected chi connectivity index (χ2v) is 1.46. The van der Waals surface area contributed by atoms with Crippen molar-refractivity contribution in [3.05, 3.63) is 10.1 Å². The summed E-state index contributed by atoms with van der Waals surface area (Å²) in [4.78, 5) is 8.36. The van der Waals surface area contributed by atoms with Crippen LogP contribution in [0.2, 0.25) is 0 Å². The van der Waals surface area contributed by atoms with E-state index in [1.807, 2.05) is 0 Å². The van der Waals surface area contributed by atoms with Crippen LogP contribution in [-0.2, 0) is 10.4 Å². The van der Waals surface area contributed by atoms with Gasteiger partial charge < -0.3 is 14.3 Å². The minimum atomic E-state index is -5.17. The smallest absolute Gasteiger partial charge is 0.759 e. The Morgan fingerprint density at radius 1 is 1.18 bits per heavy atom. The number of nitrogens with zero attached hydrogens (tertiary/aromatic N) is 1. The zero-order valence-electron chi connectivity index (χ0n) is 5.75. The van der Waals surface area contributed by atoms with Crippen molar-refractivity contribution < 1.29 is 144 Å². The van der Waals surface area contributed by atoms with E-state index in [1.54, 1.807) is 0 Å². The Kier molecular flexibility index (Phi) is 27.1. The molecule has 8 nitrogen and oxygen atoms in total. The Morgan fingerprint density at radius 2 is 1.18 bits per heavy atom. The second kappa shape index (κ2) is 12.7. The van der Waals surface area contributed by atoms with Gasteiger partial charge in [0.15, 0.2) is 0 Å². The van der Waals surface area contributed by atoms with Gasteiger partial charge in [0.05, 0.1) is 0 Å². The van der Waals surface area contributed by atoms with E-state index in [0.717, 1.165) is 0 Å². The molecule has 0 aliphatic heterocycles. The minimum Gasteiger partial charge on any atom is -0.759 e. The Morgan fingerprint density at radius 3 is 1.18 bits per heavy atom. The molecule has 0 radical (unpaired) electrons. The van der Waals surface area contributed by atoms with E-state index in [4.69, 9.17) is 32.8 Å². The van der Waals surface area contributed by atoms with Gasteiger partial charge in [-0.3, -0.25) is 8.42 Å². The van der Waals surface area contributed by atoms with E-state index >= 15 is 0 Å². The third-order valence-electron chi connectivity index (χ3n) is 0.